The Kier molecular flexibility index (Phi) is 5.02. The van der Waals surface area contributed by atoms with Crippen molar-refractivity contribution in [3.8, 4) is 6.07 Å². The SMILES string of the molecule is N#Cc1ccccc1Nc1cc(C(=O)Nc2cccc(Br)c2)ncn1. The molecule has 7 heteroatoms. The lowest BCUT2D eigenvalue weighted by Crippen LogP contribution is -2.14. The lowest BCUT2D eigenvalue weighted by molar-refractivity contribution is 0.102. The number of amides is 1. The Balaban J connectivity index is 1.79. The van der Waals surface area contributed by atoms with E-state index < -0.39 is 0 Å². The van der Waals surface area contributed by atoms with Crippen LogP contribution in [-0.4, -0.2) is 15.9 Å². The number of carbonyl (C=O) groups is 1. The number of halogens is 1. The van der Waals surface area contributed by atoms with E-state index in [2.05, 4.69) is 42.6 Å². The summed E-state index contributed by atoms with van der Waals surface area (Å²) in [5, 5.41) is 14.9. The van der Waals surface area contributed by atoms with Crippen LogP contribution in [0.5, 0.6) is 0 Å². The first kappa shape index (κ1) is 16.6. The maximum Gasteiger partial charge on any atom is 0.274 e. The lowest BCUT2D eigenvalue weighted by Gasteiger charge is -2.09. The standard InChI is InChI=1S/C18H12BrN5O/c19-13-5-3-6-14(8-13)23-18(25)16-9-17(22-11-21-16)24-15-7-2-1-4-12(15)10-20/h1-9,11H,(H,23,25)(H,21,22,24). The first-order chi connectivity index (χ1) is 12.2. The fraction of sp³-hybridized carbons (Fsp3) is 0. The maximum absolute atomic E-state index is 12.4. The van der Waals surface area contributed by atoms with Crippen LogP contribution in [0.3, 0.4) is 0 Å². The topological polar surface area (TPSA) is 90.7 Å². The van der Waals surface area contributed by atoms with E-state index in [1.54, 1.807) is 30.3 Å². The van der Waals surface area contributed by atoms with Gasteiger partial charge in [0.05, 0.1) is 11.3 Å². The summed E-state index contributed by atoms with van der Waals surface area (Å²) in [6.45, 7) is 0. The van der Waals surface area contributed by atoms with Gasteiger partial charge in [-0.15, -0.1) is 0 Å². The van der Waals surface area contributed by atoms with Crippen molar-refractivity contribution in [1.29, 1.82) is 5.26 Å². The van der Waals surface area contributed by atoms with Crippen molar-refractivity contribution < 1.29 is 4.79 Å². The first-order valence-electron chi connectivity index (χ1n) is 7.31. The summed E-state index contributed by atoms with van der Waals surface area (Å²) >= 11 is 3.36. The van der Waals surface area contributed by atoms with Gasteiger partial charge in [-0.05, 0) is 30.3 Å². The number of hydrogen-bond donors (Lipinski definition) is 2. The van der Waals surface area contributed by atoms with Gasteiger partial charge in [-0.25, -0.2) is 9.97 Å². The molecule has 1 heterocycles. The van der Waals surface area contributed by atoms with Crippen LogP contribution in [0, 0.1) is 11.3 Å². The molecule has 0 fully saturated rings. The molecule has 1 amide bonds. The normalized spacial score (nSPS) is 9.92. The number of nitrogens with zero attached hydrogens (tertiary/aromatic N) is 3. The van der Waals surface area contributed by atoms with Gasteiger partial charge in [0.1, 0.15) is 23.9 Å². The molecule has 3 aromatic rings. The van der Waals surface area contributed by atoms with Gasteiger partial charge >= 0.3 is 0 Å². The van der Waals surface area contributed by atoms with Crippen LogP contribution in [0.15, 0.2) is 65.4 Å². The van der Waals surface area contributed by atoms with E-state index in [-0.39, 0.29) is 11.6 Å². The van der Waals surface area contributed by atoms with Crippen molar-refractivity contribution in [2.75, 3.05) is 10.6 Å². The van der Waals surface area contributed by atoms with Crippen LogP contribution in [0.2, 0.25) is 0 Å². The minimum Gasteiger partial charge on any atom is -0.339 e. The third-order valence-corrected chi connectivity index (χ3v) is 3.79. The second-order valence-corrected chi connectivity index (χ2v) is 5.95. The maximum atomic E-state index is 12.4. The predicted octanol–water partition coefficient (Wildman–Crippen LogP) is 4.11. The van der Waals surface area contributed by atoms with Crippen LogP contribution in [0.1, 0.15) is 16.1 Å². The van der Waals surface area contributed by atoms with Crippen molar-refractivity contribution in [1.82, 2.24) is 9.97 Å². The molecule has 122 valence electrons. The number of nitrogens with one attached hydrogen (secondary N) is 2. The van der Waals surface area contributed by atoms with Crippen molar-refractivity contribution in [3.05, 3.63) is 76.7 Å². The number of aromatic nitrogens is 2. The van der Waals surface area contributed by atoms with Crippen LogP contribution >= 0.6 is 15.9 Å². The Morgan fingerprint density at radius 1 is 1.08 bits per heavy atom. The molecule has 0 saturated carbocycles. The highest BCUT2D eigenvalue weighted by molar-refractivity contribution is 9.10. The molecular weight excluding hydrogens is 382 g/mol. The molecule has 6 nitrogen and oxygen atoms in total. The average molecular weight is 394 g/mol. The van der Waals surface area contributed by atoms with E-state index in [0.717, 1.165) is 4.47 Å². The quantitative estimate of drug-likeness (QED) is 0.695. The molecule has 0 saturated heterocycles. The minimum atomic E-state index is -0.350. The highest BCUT2D eigenvalue weighted by atomic mass is 79.9. The van der Waals surface area contributed by atoms with E-state index in [1.165, 1.54) is 12.4 Å². The summed E-state index contributed by atoms with van der Waals surface area (Å²) in [5.41, 5.74) is 1.97. The number of anilines is 3. The second-order valence-electron chi connectivity index (χ2n) is 5.04. The Bertz CT molecular complexity index is 967. The van der Waals surface area contributed by atoms with Gasteiger partial charge in [-0.1, -0.05) is 34.1 Å². The van der Waals surface area contributed by atoms with Crippen molar-refractivity contribution in [2.24, 2.45) is 0 Å². The Morgan fingerprint density at radius 2 is 1.92 bits per heavy atom. The molecule has 0 aliphatic heterocycles. The number of rotatable bonds is 4. The number of benzene rings is 2. The zero-order valence-electron chi connectivity index (χ0n) is 12.9. The molecule has 25 heavy (non-hydrogen) atoms. The zero-order chi connectivity index (χ0) is 17.6. The summed E-state index contributed by atoms with van der Waals surface area (Å²) in [6, 6.07) is 18.0. The van der Waals surface area contributed by atoms with Gasteiger partial charge < -0.3 is 10.6 Å². The molecule has 0 atom stereocenters. The smallest absolute Gasteiger partial charge is 0.274 e. The molecule has 0 radical (unpaired) electrons. The summed E-state index contributed by atoms with van der Waals surface area (Å²) in [5.74, 6) is 0.0780. The highest BCUT2D eigenvalue weighted by Crippen LogP contribution is 2.20. The summed E-state index contributed by atoms with van der Waals surface area (Å²) in [6.07, 6.45) is 1.30. The largest absolute Gasteiger partial charge is 0.339 e. The molecule has 3 rings (SSSR count). The van der Waals surface area contributed by atoms with Crippen LogP contribution in [-0.2, 0) is 0 Å². The van der Waals surface area contributed by atoms with E-state index in [4.69, 9.17) is 5.26 Å². The van der Waals surface area contributed by atoms with E-state index in [1.807, 2.05) is 18.2 Å². The first-order valence-corrected chi connectivity index (χ1v) is 8.10. The van der Waals surface area contributed by atoms with Crippen LogP contribution < -0.4 is 10.6 Å². The Morgan fingerprint density at radius 3 is 2.72 bits per heavy atom. The van der Waals surface area contributed by atoms with E-state index in [9.17, 15) is 4.79 Å². The highest BCUT2D eigenvalue weighted by Gasteiger charge is 2.10. The zero-order valence-corrected chi connectivity index (χ0v) is 14.5. The van der Waals surface area contributed by atoms with Crippen molar-refractivity contribution in [3.63, 3.8) is 0 Å². The fourth-order valence-corrected chi connectivity index (χ4v) is 2.54. The molecule has 1 aromatic heterocycles. The third-order valence-electron chi connectivity index (χ3n) is 3.29. The van der Waals surface area contributed by atoms with Gasteiger partial charge in [-0.3, -0.25) is 4.79 Å². The summed E-state index contributed by atoms with van der Waals surface area (Å²) in [7, 11) is 0. The van der Waals surface area contributed by atoms with Gasteiger partial charge in [0.2, 0.25) is 0 Å². The lowest BCUT2D eigenvalue weighted by atomic mass is 10.2. The molecule has 0 spiro atoms. The molecular formula is C18H12BrN5O. The molecule has 2 N–H and O–H groups in total. The molecule has 2 aromatic carbocycles. The third kappa shape index (κ3) is 4.19. The van der Waals surface area contributed by atoms with Crippen molar-refractivity contribution >= 4 is 39.0 Å². The Labute approximate surface area is 152 Å². The number of hydrogen-bond acceptors (Lipinski definition) is 5. The van der Waals surface area contributed by atoms with Gasteiger partial charge in [0, 0.05) is 16.2 Å². The van der Waals surface area contributed by atoms with Gasteiger partial charge in [0.15, 0.2) is 0 Å². The molecule has 0 unspecified atom stereocenters. The van der Waals surface area contributed by atoms with Crippen LogP contribution in [0.4, 0.5) is 17.2 Å². The summed E-state index contributed by atoms with van der Waals surface area (Å²) in [4.78, 5) is 20.5. The van der Waals surface area contributed by atoms with E-state index >= 15 is 0 Å². The van der Waals surface area contributed by atoms with Crippen molar-refractivity contribution in [2.45, 2.75) is 0 Å². The molecule has 0 bridgehead atoms. The molecule has 0 aliphatic carbocycles. The Hall–Kier alpha value is -3.24. The summed E-state index contributed by atoms with van der Waals surface area (Å²) < 4.78 is 0.864. The monoisotopic (exact) mass is 393 g/mol. The van der Waals surface area contributed by atoms with Crippen LogP contribution in [0.25, 0.3) is 0 Å². The number of carbonyl (C=O) groups excluding carboxylic acids is 1. The van der Waals surface area contributed by atoms with Gasteiger partial charge in [0.25, 0.3) is 5.91 Å². The second kappa shape index (κ2) is 7.55. The fourth-order valence-electron chi connectivity index (χ4n) is 2.14. The number of nitriles is 1. The number of para-hydroxylation sites is 1. The van der Waals surface area contributed by atoms with E-state index in [0.29, 0.717) is 22.8 Å². The molecule has 0 aliphatic rings. The predicted molar refractivity (Wildman–Crippen MR) is 98.6 cm³/mol. The minimum absolute atomic E-state index is 0.215. The average Bonchev–Trinajstić information content (AvgIpc) is 2.62. The van der Waals surface area contributed by atoms with Gasteiger partial charge in [-0.2, -0.15) is 5.26 Å².